The van der Waals surface area contributed by atoms with Crippen LogP contribution in [0, 0.1) is 5.82 Å². The molecule has 6 heteroatoms. The highest BCUT2D eigenvalue weighted by molar-refractivity contribution is 5.70. The molecular weight excluding hydrogens is 213 g/mol. The van der Waals surface area contributed by atoms with Crippen LogP contribution < -0.4 is 5.73 Å². The maximum Gasteiger partial charge on any atom is 0.260 e. The van der Waals surface area contributed by atoms with E-state index in [1.165, 1.54) is 25.3 Å². The number of benzene rings is 1. The van der Waals surface area contributed by atoms with Gasteiger partial charge in [0.15, 0.2) is 5.82 Å². The van der Waals surface area contributed by atoms with Crippen molar-refractivity contribution in [2.75, 3.05) is 12.8 Å². The van der Waals surface area contributed by atoms with Gasteiger partial charge in [-0.1, -0.05) is 5.16 Å². The van der Waals surface area contributed by atoms with E-state index in [0.717, 1.165) is 0 Å². The summed E-state index contributed by atoms with van der Waals surface area (Å²) in [6.07, 6.45) is 0. The smallest absolute Gasteiger partial charge is 0.260 e. The van der Waals surface area contributed by atoms with Crippen molar-refractivity contribution in [3.63, 3.8) is 0 Å². The van der Waals surface area contributed by atoms with E-state index in [9.17, 15) is 4.39 Å². The van der Waals surface area contributed by atoms with E-state index in [2.05, 4.69) is 10.1 Å². The highest BCUT2D eigenvalue weighted by atomic mass is 19.1. The molecule has 16 heavy (non-hydrogen) atoms. The summed E-state index contributed by atoms with van der Waals surface area (Å²) in [5.74, 6) is 0.267. The van der Waals surface area contributed by atoms with Crippen LogP contribution in [-0.2, 0) is 11.3 Å². The average molecular weight is 223 g/mol. The van der Waals surface area contributed by atoms with Crippen molar-refractivity contribution in [2.24, 2.45) is 0 Å². The highest BCUT2D eigenvalue weighted by Crippen LogP contribution is 2.24. The van der Waals surface area contributed by atoms with Gasteiger partial charge in [-0.25, -0.2) is 4.39 Å². The molecule has 0 aliphatic heterocycles. The lowest BCUT2D eigenvalue weighted by Gasteiger charge is -1.99. The summed E-state index contributed by atoms with van der Waals surface area (Å²) in [4.78, 5) is 4.06. The molecule has 1 aromatic heterocycles. The summed E-state index contributed by atoms with van der Waals surface area (Å²) in [6.45, 7) is 0.255. The van der Waals surface area contributed by atoms with Crippen LogP contribution in [-0.4, -0.2) is 17.3 Å². The first-order valence-corrected chi connectivity index (χ1v) is 4.57. The van der Waals surface area contributed by atoms with Crippen LogP contribution in [0.2, 0.25) is 0 Å². The van der Waals surface area contributed by atoms with E-state index < -0.39 is 5.82 Å². The molecule has 0 aliphatic carbocycles. The minimum atomic E-state index is -0.405. The predicted molar refractivity (Wildman–Crippen MR) is 54.8 cm³/mol. The SMILES string of the molecule is COCc1noc(-c2ccc(F)cc2N)n1. The number of nitrogens with two attached hydrogens (primary N) is 1. The standard InChI is InChI=1S/C10H10FN3O2/c1-15-5-9-13-10(16-14-9)7-3-2-6(11)4-8(7)12/h2-4H,5,12H2,1H3. The maximum absolute atomic E-state index is 12.8. The van der Waals surface area contributed by atoms with Gasteiger partial charge in [0.25, 0.3) is 5.89 Å². The normalized spacial score (nSPS) is 10.6. The van der Waals surface area contributed by atoms with Crippen molar-refractivity contribution >= 4 is 5.69 Å². The monoisotopic (exact) mass is 223 g/mol. The fraction of sp³-hybridized carbons (Fsp3) is 0.200. The summed E-state index contributed by atoms with van der Waals surface area (Å²) in [7, 11) is 1.53. The molecule has 0 unspecified atom stereocenters. The van der Waals surface area contributed by atoms with Crippen molar-refractivity contribution in [2.45, 2.75) is 6.61 Å². The minimum absolute atomic E-state index is 0.254. The number of nitrogen functional groups attached to an aromatic ring is 1. The van der Waals surface area contributed by atoms with Gasteiger partial charge in [-0.15, -0.1) is 0 Å². The molecule has 0 bridgehead atoms. The quantitative estimate of drug-likeness (QED) is 0.800. The number of hydrogen-bond acceptors (Lipinski definition) is 5. The predicted octanol–water partition coefficient (Wildman–Crippen LogP) is 1.60. The number of nitrogens with zero attached hydrogens (tertiary/aromatic N) is 2. The first-order valence-electron chi connectivity index (χ1n) is 4.57. The van der Waals surface area contributed by atoms with Crippen molar-refractivity contribution in [1.29, 1.82) is 0 Å². The largest absolute Gasteiger partial charge is 0.398 e. The third kappa shape index (κ3) is 2.01. The van der Waals surface area contributed by atoms with Crippen LogP contribution >= 0.6 is 0 Å². The number of aromatic nitrogens is 2. The van der Waals surface area contributed by atoms with Crippen LogP contribution in [0.15, 0.2) is 22.7 Å². The first-order chi connectivity index (χ1) is 7.70. The second-order valence-electron chi connectivity index (χ2n) is 3.18. The zero-order valence-electron chi connectivity index (χ0n) is 8.61. The molecule has 0 saturated carbocycles. The van der Waals surface area contributed by atoms with E-state index >= 15 is 0 Å². The Balaban J connectivity index is 2.35. The van der Waals surface area contributed by atoms with Gasteiger partial charge in [0.2, 0.25) is 0 Å². The fourth-order valence-electron chi connectivity index (χ4n) is 1.28. The highest BCUT2D eigenvalue weighted by Gasteiger charge is 2.11. The van der Waals surface area contributed by atoms with Crippen molar-refractivity contribution in [3.05, 3.63) is 29.8 Å². The average Bonchev–Trinajstić information content (AvgIpc) is 2.67. The second-order valence-corrected chi connectivity index (χ2v) is 3.18. The maximum atomic E-state index is 12.8. The van der Waals surface area contributed by atoms with Crippen LogP contribution in [0.3, 0.4) is 0 Å². The fourth-order valence-corrected chi connectivity index (χ4v) is 1.28. The molecule has 0 radical (unpaired) electrons. The lowest BCUT2D eigenvalue weighted by Crippen LogP contribution is -1.92. The molecule has 1 heterocycles. The summed E-state index contributed by atoms with van der Waals surface area (Å²) < 4.78 is 22.7. The molecule has 0 fully saturated rings. The Labute approximate surface area is 91.0 Å². The van der Waals surface area contributed by atoms with Crippen LogP contribution in [0.1, 0.15) is 5.82 Å². The molecule has 2 rings (SSSR count). The molecule has 0 saturated heterocycles. The molecule has 0 spiro atoms. The van der Waals surface area contributed by atoms with Gasteiger partial charge in [-0.2, -0.15) is 4.98 Å². The van der Waals surface area contributed by atoms with Gasteiger partial charge < -0.3 is 15.0 Å². The van der Waals surface area contributed by atoms with E-state index in [0.29, 0.717) is 11.4 Å². The Morgan fingerprint density at radius 1 is 1.50 bits per heavy atom. The van der Waals surface area contributed by atoms with E-state index in [1.54, 1.807) is 0 Å². The molecule has 0 amide bonds. The third-order valence-electron chi connectivity index (χ3n) is 1.99. The number of hydrogen-bond donors (Lipinski definition) is 1. The van der Waals surface area contributed by atoms with Gasteiger partial charge in [-0.05, 0) is 18.2 Å². The number of methoxy groups -OCH3 is 1. The molecule has 1 aromatic carbocycles. The molecule has 5 nitrogen and oxygen atoms in total. The third-order valence-corrected chi connectivity index (χ3v) is 1.99. The lowest BCUT2D eigenvalue weighted by atomic mass is 10.2. The van der Waals surface area contributed by atoms with E-state index in [4.69, 9.17) is 15.0 Å². The van der Waals surface area contributed by atoms with E-state index in [-0.39, 0.29) is 18.2 Å². The first kappa shape index (κ1) is 10.6. The second kappa shape index (κ2) is 4.28. The summed E-state index contributed by atoms with van der Waals surface area (Å²) >= 11 is 0. The minimum Gasteiger partial charge on any atom is -0.398 e. The van der Waals surface area contributed by atoms with Gasteiger partial charge in [0, 0.05) is 12.8 Å². The molecule has 0 aliphatic rings. The number of halogens is 1. The Kier molecular flexibility index (Phi) is 2.82. The Morgan fingerprint density at radius 3 is 3.00 bits per heavy atom. The van der Waals surface area contributed by atoms with Crippen molar-refractivity contribution in [3.8, 4) is 11.5 Å². The summed E-state index contributed by atoms with van der Waals surface area (Å²) in [5, 5.41) is 3.69. The zero-order valence-corrected chi connectivity index (χ0v) is 8.61. The number of ether oxygens (including phenoxy) is 1. The zero-order chi connectivity index (χ0) is 11.5. The van der Waals surface area contributed by atoms with Crippen LogP contribution in [0.4, 0.5) is 10.1 Å². The van der Waals surface area contributed by atoms with E-state index in [1.807, 2.05) is 0 Å². The van der Waals surface area contributed by atoms with Crippen molar-refractivity contribution < 1.29 is 13.7 Å². The van der Waals surface area contributed by atoms with Gasteiger partial charge in [-0.3, -0.25) is 0 Å². The topological polar surface area (TPSA) is 74.2 Å². The molecule has 2 aromatic rings. The lowest BCUT2D eigenvalue weighted by molar-refractivity contribution is 0.174. The van der Waals surface area contributed by atoms with Gasteiger partial charge in [0.1, 0.15) is 12.4 Å². The summed E-state index contributed by atoms with van der Waals surface area (Å²) in [6, 6.07) is 3.98. The number of rotatable bonds is 3. The Morgan fingerprint density at radius 2 is 2.31 bits per heavy atom. The number of anilines is 1. The van der Waals surface area contributed by atoms with Gasteiger partial charge >= 0.3 is 0 Å². The molecule has 2 N–H and O–H groups in total. The molecular formula is C10H10FN3O2. The molecule has 84 valence electrons. The molecule has 0 atom stereocenters. The van der Waals surface area contributed by atoms with Crippen molar-refractivity contribution in [1.82, 2.24) is 10.1 Å². The summed E-state index contributed by atoms with van der Waals surface area (Å²) in [5.41, 5.74) is 6.41. The van der Waals surface area contributed by atoms with Gasteiger partial charge in [0.05, 0.1) is 5.56 Å². The Hall–Kier alpha value is -1.95. The van der Waals surface area contributed by atoms with Crippen LogP contribution in [0.5, 0.6) is 0 Å². The Bertz CT molecular complexity index is 499. The van der Waals surface area contributed by atoms with Crippen LogP contribution in [0.25, 0.3) is 11.5 Å².